The van der Waals surface area contributed by atoms with Crippen molar-refractivity contribution in [3.8, 4) is 16.9 Å². The molecule has 0 saturated carbocycles. The fraction of sp³-hybridized carbons (Fsp3) is 0.160. The maximum absolute atomic E-state index is 12.4. The predicted octanol–water partition coefficient (Wildman–Crippen LogP) is 4.34. The number of carbonyl (C=O) groups is 2. The molecule has 7 heteroatoms. The summed E-state index contributed by atoms with van der Waals surface area (Å²) in [6.07, 6.45) is 0. The van der Waals surface area contributed by atoms with Gasteiger partial charge in [-0.15, -0.1) is 0 Å². The van der Waals surface area contributed by atoms with Gasteiger partial charge in [-0.2, -0.15) is 0 Å². The van der Waals surface area contributed by atoms with Gasteiger partial charge in [0, 0.05) is 11.1 Å². The van der Waals surface area contributed by atoms with E-state index in [1.807, 2.05) is 42.5 Å². The van der Waals surface area contributed by atoms with Crippen LogP contribution in [0.3, 0.4) is 0 Å². The normalized spacial score (nSPS) is 10.3. The third-order valence-corrected chi connectivity index (χ3v) is 4.67. The van der Waals surface area contributed by atoms with Gasteiger partial charge in [-0.3, -0.25) is 25.8 Å². The first-order valence-electron chi connectivity index (χ1n) is 10.2. The predicted molar refractivity (Wildman–Crippen MR) is 129 cm³/mol. The maximum Gasteiger partial charge on any atom is 0.269 e. The highest BCUT2D eigenvalue weighted by molar-refractivity contribution is 7.80. The van der Waals surface area contributed by atoms with Gasteiger partial charge < -0.3 is 4.74 Å². The van der Waals surface area contributed by atoms with Crippen LogP contribution in [-0.4, -0.2) is 23.5 Å². The van der Waals surface area contributed by atoms with E-state index in [1.54, 1.807) is 36.4 Å². The van der Waals surface area contributed by atoms with Crippen LogP contribution >= 0.6 is 12.2 Å². The Labute approximate surface area is 193 Å². The Morgan fingerprint density at radius 1 is 0.781 bits per heavy atom. The van der Waals surface area contributed by atoms with Crippen LogP contribution in [0.1, 0.15) is 34.6 Å². The second kappa shape index (κ2) is 11.1. The van der Waals surface area contributed by atoms with E-state index in [0.717, 1.165) is 11.1 Å². The largest absolute Gasteiger partial charge is 0.493 e. The molecule has 0 fully saturated rings. The number of rotatable bonds is 6. The van der Waals surface area contributed by atoms with Gasteiger partial charge in [-0.25, -0.2) is 0 Å². The summed E-state index contributed by atoms with van der Waals surface area (Å²) in [4.78, 5) is 24.7. The molecule has 2 amide bonds. The van der Waals surface area contributed by atoms with E-state index in [2.05, 4.69) is 30.0 Å². The Morgan fingerprint density at radius 2 is 1.34 bits per heavy atom. The molecular weight excluding hydrogens is 422 g/mol. The molecule has 6 nitrogen and oxygen atoms in total. The minimum absolute atomic E-state index is 0.00706. The van der Waals surface area contributed by atoms with Crippen LogP contribution in [0.5, 0.6) is 5.75 Å². The second-order valence-electron chi connectivity index (χ2n) is 7.53. The first kappa shape index (κ1) is 23.0. The first-order chi connectivity index (χ1) is 15.4. The van der Waals surface area contributed by atoms with Crippen LogP contribution in [0.25, 0.3) is 11.1 Å². The molecule has 0 saturated heterocycles. The molecule has 0 heterocycles. The molecule has 0 aliphatic rings. The Bertz CT molecular complexity index is 1070. The molecule has 0 spiro atoms. The van der Waals surface area contributed by atoms with Gasteiger partial charge in [0.2, 0.25) is 0 Å². The van der Waals surface area contributed by atoms with Crippen molar-refractivity contribution in [1.82, 2.24) is 16.2 Å². The lowest BCUT2D eigenvalue weighted by molar-refractivity contribution is 0.0934. The molecule has 0 atom stereocenters. The number of benzene rings is 3. The van der Waals surface area contributed by atoms with Crippen molar-refractivity contribution >= 4 is 29.1 Å². The zero-order valence-electron chi connectivity index (χ0n) is 17.9. The maximum atomic E-state index is 12.4. The molecule has 164 valence electrons. The molecule has 0 aromatic heterocycles. The monoisotopic (exact) mass is 447 g/mol. The molecule has 0 aliphatic carbocycles. The summed E-state index contributed by atoms with van der Waals surface area (Å²) in [6.45, 7) is 4.74. The minimum Gasteiger partial charge on any atom is -0.493 e. The fourth-order valence-corrected chi connectivity index (χ4v) is 2.95. The lowest BCUT2D eigenvalue weighted by Crippen LogP contribution is -2.48. The van der Waals surface area contributed by atoms with Crippen LogP contribution in [-0.2, 0) is 0 Å². The Morgan fingerprint density at radius 3 is 1.97 bits per heavy atom. The zero-order chi connectivity index (χ0) is 22.9. The van der Waals surface area contributed by atoms with E-state index in [-0.39, 0.29) is 16.9 Å². The summed E-state index contributed by atoms with van der Waals surface area (Å²) >= 11 is 5.10. The smallest absolute Gasteiger partial charge is 0.269 e. The van der Waals surface area contributed by atoms with Gasteiger partial charge in [-0.1, -0.05) is 56.3 Å². The van der Waals surface area contributed by atoms with Crippen molar-refractivity contribution in [3.63, 3.8) is 0 Å². The Balaban J connectivity index is 1.48. The molecule has 0 radical (unpaired) electrons. The highest BCUT2D eigenvalue weighted by Crippen LogP contribution is 2.19. The number of hydrogen-bond donors (Lipinski definition) is 3. The van der Waals surface area contributed by atoms with Gasteiger partial charge >= 0.3 is 0 Å². The van der Waals surface area contributed by atoms with Crippen molar-refractivity contribution in [3.05, 3.63) is 90.0 Å². The molecule has 0 aliphatic heterocycles. The molecular formula is C25H25N3O3S. The summed E-state index contributed by atoms with van der Waals surface area (Å²) in [7, 11) is 0. The van der Waals surface area contributed by atoms with Gasteiger partial charge in [0.15, 0.2) is 5.11 Å². The van der Waals surface area contributed by atoms with Crippen molar-refractivity contribution in [2.45, 2.75) is 13.8 Å². The summed E-state index contributed by atoms with van der Waals surface area (Å²) in [5.74, 6) is 0.358. The molecule has 3 aromatic carbocycles. The van der Waals surface area contributed by atoms with Crippen molar-refractivity contribution in [1.29, 1.82) is 0 Å². The first-order valence-corrected chi connectivity index (χ1v) is 10.6. The van der Waals surface area contributed by atoms with E-state index >= 15 is 0 Å². The lowest BCUT2D eigenvalue weighted by Gasteiger charge is -2.12. The topological polar surface area (TPSA) is 79.5 Å². The van der Waals surface area contributed by atoms with Gasteiger partial charge in [-0.05, 0) is 65.7 Å². The quantitative estimate of drug-likeness (QED) is 0.387. The van der Waals surface area contributed by atoms with E-state index in [1.165, 1.54) is 0 Å². The van der Waals surface area contributed by atoms with Crippen molar-refractivity contribution in [2.24, 2.45) is 5.92 Å². The summed E-state index contributed by atoms with van der Waals surface area (Å²) in [5.41, 5.74) is 7.98. The highest BCUT2D eigenvalue weighted by Gasteiger charge is 2.10. The molecule has 3 aromatic rings. The van der Waals surface area contributed by atoms with Crippen molar-refractivity contribution in [2.75, 3.05) is 6.61 Å². The van der Waals surface area contributed by atoms with Crippen LogP contribution in [0.15, 0.2) is 78.9 Å². The van der Waals surface area contributed by atoms with Crippen LogP contribution in [0, 0.1) is 5.92 Å². The van der Waals surface area contributed by atoms with Gasteiger partial charge in [0.25, 0.3) is 11.8 Å². The van der Waals surface area contributed by atoms with Crippen molar-refractivity contribution < 1.29 is 14.3 Å². The van der Waals surface area contributed by atoms with Crippen LogP contribution in [0.2, 0.25) is 0 Å². The molecule has 32 heavy (non-hydrogen) atoms. The fourth-order valence-electron chi connectivity index (χ4n) is 2.80. The highest BCUT2D eigenvalue weighted by atomic mass is 32.1. The number of carbonyl (C=O) groups excluding carboxylic acids is 2. The third-order valence-electron chi connectivity index (χ3n) is 4.47. The molecule has 0 unspecified atom stereocenters. The number of nitrogens with one attached hydrogen (secondary N) is 3. The van der Waals surface area contributed by atoms with E-state index in [9.17, 15) is 9.59 Å². The van der Waals surface area contributed by atoms with Gasteiger partial charge in [0.05, 0.1) is 6.61 Å². The second-order valence-corrected chi connectivity index (χ2v) is 7.94. The Hall–Kier alpha value is -3.71. The number of thiocarbonyl (C=S) groups is 1. The molecule has 3 rings (SSSR count). The average molecular weight is 448 g/mol. The Kier molecular flexibility index (Phi) is 7.94. The minimum atomic E-state index is -0.385. The van der Waals surface area contributed by atoms with E-state index in [4.69, 9.17) is 17.0 Å². The average Bonchev–Trinajstić information content (AvgIpc) is 2.82. The summed E-state index contributed by atoms with van der Waals surface area (Å²) in [6, 6.07) is 23.9. The van der Waals surface area contributed by atoms with E-state index < -0.39 is 0 Å². The zero-order valence-corrected chi connectivity index (χ0v) is 18.7. The lowest BCUT2D eigenvalue weighted by atomic mass is 10.0. The number of hydrogen-bond acceptors (Lipinski definition) is 4. The summed E-state index contributed by atoms with van der Waals surface area (Å²) < 4.78 is 5.60. The van der Waals surface area contributed by atoms with Gasteiger partial charge in [0.1, 0.15) is 5.75 Å². The number of hydrazine groups is 1. The summed E-state index contributed by atoms with van der Waals surface area (Å²) in [5, 5.41) is 2.54. The number of amides is 2. The van der Waals surface area contributed by atoms with Crippen LogP contribution < -0.4 is 20.9 Å². The van der Waals surface area contributed by atoms with Crippen LogP contribution in [0.4, 0.5) is 0 Å². The SMILES string of the molecule is CC(C)COc1ccc(C(=O)NNC(=S)NC(=O)c2ccc(-c3ccccc3)cc2)cc1. The number of ether oxygens (including phenoxy) is 1. The van der Waals surface area contributed by atoms with E-state index in [0.29, 0.717) is 29.4 Å². The molecule has 0 bridgehead atoms. The molecule has 3 N–H and O–H groups in total. The third kappa shape index (κ3) is 6.65. The standard InChI is InChI=1S/C25H25N3O3S/c1-17(2)16-31-22-14-12-21(13-15-22)24(30)27-28-25(32)26-23(29)20-10-8-19(9-11-20)18-6-4-3-5-7-18/h3-15,17H,16H2,1-2H3,(H,27,30)(H2,26,28,29,32).